The van der Waals surface area contributed by atoms with Gasteiger partial charge in [-0.1, -0.05) is 59.8 Å². The van der Waals surface area contributed by atoms with E-state index in [1.165, 1.54) is 24.1 Å². The standard InChI is InChI=1S/C25H29ClFN3O2S/c1-16-5-2-9-19(11-16)20-12-21(23(27)22(26)13-20)24(31)28-29-33-15-17-6-4-10-30(14-17)25(32)18-7-3-8-18/h2,5,9,11-13,17-18,29H,3-4,6-8,10,14-15H2,1H3,(H,28,31). The summed E-state index contributed by atoms with van der Waals surface area (Å²) in [6.45, 7) is 3.58. The maximum Gasteiger partial charge on any atom is 0.269 e. The highest BCUT2D eigenvalue weighted by molar-refractivity contribution is 7.97. The zero-order valence-corrected chi connectivity index (χ0v) is 20.3. The fourth-order valence-corrected chi connectivity index (χ4v) is 5.34. The molecule has 33 heavy (non-hydrogen) atoms. The first-order valence-electron chi connectivity index (χ1n) is 11.4. The van der Waals surface area contributed by atoms with Crippen LogP contribution in [0.25, 0.3) is 11.1 Å². The molecule has 2 aromatic carbocycles. The van der Waals surface area contributed by atoms with E-state index in [-0.39, 0.29) is 16.5 Å². The molecule has 2 amide bonds. The van der Waals surface area contributed by atoms with E-state index in [9.17, 15) is 14.0 Å². The highest BCUT2D eigenvalue weighted by atomic mass is 35.5. The van der Waals surface area contributed by atoms with Crippen molar-refractivity contribution in [2.75, 3.05) is 18.8 Å². The molecule has 0 bridgehead atoms. The lowest BCUT2D eigenvalue weighted by Gasteiger charge is -2.37. The third kappa shape index (κ3) is 5.89. The second-order valence-corrected chi connectivity index (χ2v) is 10.2. The van der Waals surface area contributed by atoms with Gasteiger partial charge in [-0.25, -0.2) is 4.39 Å². The van der Waals surface area contributed by atoms with Crippen molar-refractivity contribution >= 4 is 35.4 Å². The first kappa shape index (κ1) is 24.0. The summed E-state index contributed by atoms with van der Waals surface area (Å²) in [6, 6.07) is 10.8. The van der Waals surface area contributed by atoms with E-state index in [1.54, 1.807) is 0 Å². The normalized spacial score (nSPS) is 18.6. The summed E-state index contributed by atoms with van der Waals surface area (Å²) in [5.74, 6) is 0.329. The molecule has 2 fully saturated rings. The number of carbonyl (C=O) groups excluding carboxylic acids is 2. The topological polar surface area (TPSA) is 61.4 Å². The molecule has 2 aromatic rings. The Labute approximate surface area is 203 Å². The molecule has 1 heterocycles. The Balaban J connectivity index is 1.30. The predicted molar refractivity (Wildman–Crippen MR) is 131 cm³/mol. The number of hydrazine groups is 1. The van der Waals surface area contributed by atoms with E-state index in [4.69, 9.17) is 11.6 Å². The van der Waals surface area contributed by atoms with Crippen LogP contribution in [-0.4, -0.2) is 35.6 Å². The third-order valence-corrected chi connectivity index (χ3v) is 7.62. The number of likely N-dealkylation sites (tertiary alicyclic amines) is 1. The number of hydrogen-bond acceptors (Lipinski definition) is 4. The van der Waals surface area contributed by atoms with Crippen LogP contribution in [0, 0.1) is 24.6 Å². The molecular formula is C25H29ClFN3O2S. The second kappa shape index (κ2) is 10.9. The van der Waals surface area contributed by atoms with E-state index in [2.05, 4.69) is 10.3 Å². The first-order chi connectivity index (χ1) is 15.9. The second-order valence-electron chi connectivity index (χ2n) is 8.98. The Morgan fingerprint density at radius 3 is 2.70 bits per heavy atom. The SMILES string of the molecule is Cc1cccc(-c2cc(Cl)c(F)c(C(=O)NNSCC3CCCN(C(=O)C4CCC4)C3)c2)c1. The first-order valence-corrected chi connectivity index (χ1v) is 12.8. The van der Waals surface area contributed by atoms with Crippen molar-refractivity contribution in [3.63, 3.8) is 0 Å². The van der Waals surface area contributed by atoms with Gasteiger partial charge in [-0.3, -0.25) is 15.0 Å². The minimum Gasteiger partial charge on any atom is -0.342 e. The Bertz CT molecular complexity index is 1030. The van der Waals surface area contributed by atoms with Crippen molar-refractivity contribution in [2.45, 2.75) is 39.0 Å². The van der Waals surface area contributed by atoms with E-state index in [0.29, 0.717) is 17.4 Å². The van der Waals surface area contributed by atoms with E-state index < -0.39 is 11.7 Å². The molecule has 2 aliphatic rings. The third-order valence-electron chi connectivity index (χ3n) is 6.47. The van der Waals surface area contributed by atoms with Crippen LogP contribution >= 0.6 is 23.5 Å². The predicted octanol–water partition coefficient (Wildman–Crippen LogP) is 5.38. The van der Waals surface area contributed by atoms with Crippen molar-refractivity contribution in [3.8, 4) is 11.1 Å². The fraction of sp³-hybridized carbons (Fsp3) is 0.440. The Hall–Kier alpha value is -2.09. The van der Waals surface area contributed by atoms with Gasteiger partial charge < -0.3 is 4.90 Å². The summed E-state index contributed by atoms with van der Waals surface area (Å²) in [5.41, 5.74) is 5.06. The molecule has 0 aromatic heterocycles. The molecule has 1 atom stereocenters. The van der Waals surface area contributed by atoms with E-state index in [0.717, 1.165) is 62.1 Å². The van der Waals surface area contributed by atoms with Gasteiger partial charge in [0.05, 0.1) is 10.6 Å². The van der Waals surface area contributed by atoms with Gasteiger partial charge in [-0.15, -0.1) is 0 Å². The van der Waals surface area contributed by atoms with Gasteiger partial charge in [0.25, 0.3) is 5.91 Å². The molecule has 176 valence electrons. The minimum absolute atomic E-state index is 0.0924. The van der Waals surface area contributed by atoms with Crippen LogP contribution in [0.4, 0.5) is 4.39 Å². The molecule has 5 nitrogen and oxygen atoms in total. The van der Waals surface area contributed by atoms with Crippen LogP contribution in [0.3, 0.4) is 0 Å². The fourth-order valence-electron chi connectivity index (χ4n) is 4.37. The molecular weight excluding hydrogens is 461 g/mol. The number of halogens is 2. The number of benzene rings is 2. The summed E-state index contributed by atoms with van der Waals surface area (Å²) < 4.78 is 14.6. The van der Waals surface area contributed by atoms with Gasteiger partial charge in [0, 0.05) is 24.8 Å². The molecule has 0 radical (unpaired) electrons. The van der Waals surface area contributed by atoms with Crippen LogP contribution < -0.4 is 10.3 Å². The van der Waals surface area contributed by atoms with Gasteiger partial charge in [0.2, 0.25) is 5.91 Å². The number of nitrogens with zero attached hydrogens (tertiary/aromatic N) is 1. The molecule has 1 aliphatic carbocycles. The average Bonchev–Trinajstić information content (AvgIpc) is 2.77. The van der Waals surface area contributed by atoms with Crippen molar-refractivity contribution in [2.24, 2.45) is 11.8 Å². The lowest BCUT2D eigenvalue weighted by molar-refractivity contribution is -0.139. The molecule has 1 saturated heterocycles. The zero-order valence-electron chi connectivity index (χ0n) is 18.7. The van der Waals surface area contributed by atoms with E-state index >= 15 is 0 Å². The van der Waals surface area contributed by atoms with Gasteiger partial charge in [0.15, 0.2) is 5.82 Å². The highest BCUT2D eigenvalue weighted by Crippen LogP contribution is 2.31. The molecule has 4 rings (SSSR count). The maximum absolute atomic E-state index is 14.6. The van der Waals surface area contributed by atoms with Crippen LogP contribution in [0.15, 0.2) is 36.4 Å². The number of piperidine rings is 1. The Morgan fingerprint density at radius 2 is 1.97 bits per heavy atom. The monoisotopic (exact) mass is 489 g/mol. The van der Waals surface area contributed by atoms with Crippen LogP contribution in [-0.2, 0) is 4.79 Å². The van der Waals surface area contributed by atoms with Gasteiger partial charge in [0.1, 0.15) is 0 Å². The molecule has 2 N–H and O–H groups in total. The highest BCUT2D eigenvalue weighted by Gasteiger charge is 2.32. The lowest BCUT2D eigenvalue weighted by atomic mass is 9.83. The number of amides is 2. The molecule has 1 unspecified atom stereocenters. The molecule has 1 aliphatic heterocycles. The quantitative estimate of drug-likeness (QED) is 0.311. The van der Waals surface area contributed by atoms with Crippen molar-refractivity contribution in [1.82, 2.24) is 15.2 Å². The van der Waals surface area contributed by atoms with E-state index in [1.807, 2.05) is 36.1 Å². The molecule has 8 heteroatoms. The summed E-state index contributed by atoms with van der Waals surface area (Å²) in [7, 11) is 0. The van der Waals surface area contributed by atoms with Crippen molar-refractivity contribution in [3.05, 3.63) is 58.4 Å². The largest absolute Gasteiger partial charge is 0.342 e. The van der Waals surface area contributed by atoms with Crippen molar-refractivity contribution in [1.29, 1.82) is 0 Å². The smallest absolute Gasteiger partial charge is 0.269 e. The number of aryl methyl sites for hydroxylation is 1. The average molecular weight is 490 g/mol. The van der Waals surface area contributed by atoms with Gasteiger partial charge in [-0.2, -0.15) is 4.83 Å². The number of nitrogens with one attached hydrogen (secondary N) is 2. The summed E-state index contributed by atoms with van der Waals surface area (Å²) in [6.07, 6.45) is 5.26. The molecule has 1 saturated carbocycles. The maximum atomic E-state index is 14.6. The zero-order chi connectivity index (χ0) is 23.4. The van der Waals surface area contributed by atoms with Gasteiger partial charge >= 0.3 is 0 Å². The minimum atomic E-state index is -0.741. The van der Waals surface area contributed by atoms with Gasteiger partial charge in [-0.05, 0) is 61.8 Å². The van der Waals surface area contributed by atoms with Crippen molar-refractivity contribution < 1.29 is 14.0 Å². The number of carbonyl (C=O) groups is 2. The van der Waals surface area contributed by atoms with Crippen LogP contribution in [0.5, 0.6) is 0 Å². The summed E-state index contributed by atoms with van der Waals surface area (Å²) in [5, 5.41) is -0.0924. The number of hydrogen-bond donors (Lipinski definition) is 2. The summed E-state index contributed by atoms with van der Waals surface area (Å²) >= 11 is 7.44. The Kier molecular flexibility index (Phi) is 7.94. The van der Waals surface area contributed by atoms with Crippen LogP contribution in [0.2, 0.25) is 5.02 Å². The molecule has 0 spiro atoms. The summed E-state index contributed by atoms with van der Waals surface area (Å²) in [4.78, 5) is 30.0. The Morgan fingerprint density at radius 1 is 1.15 bits per heavy atom. The van der Waals surface area contributed by atoms with Crippen LogP contribution in [0.1, 0.15) is 48.0 Å². The number of rotatable bonds is 7. The lowest BCUT2D eigenvalue weighted by Crippen LogP contribution is -2.45.